The van der Waals surface area contributed by atoms with Gasteiger partial charge in [0.2, 0.25) is 0 Å². The second-order valence-electron chi connectivity index (χ2n) is 22.0. The summed E-state index contributed by atoms with van der Waals surface area (Å²) in [7, 11) is -4.39. The number of ether oxygens (including phenoxy) is 2. The topological polar surface area (TPSA) is 134 Å². The van der Waals surface area contributed by atoms with E-state index in [-0.39, 0.29) is 38.6 Å². The van der Waals surface area contributed by atoms with E-state index in [4.69, 9.17) is 24.3 Å². The molecule has 0 aliphatic rings. The number of esters is 2. The van der Waals surface area contributed by atoms with Gasteiger partial charge in [0, 0.05) is 19.4 Å². The quantitative estimate of drug-likeness (QED) is 0.0264. The Balaban J connectivity index is 3.89. The van der Waals surface area contributed by atoms with Crippen LogP contribution in [0.3, 0.4) is 0 Å². The second-order valence-corrected chi connectivity index (χ2v) is 23.4. The Morgan fingerprint density at radius 3 is 1.01 bits per heavy atom. The zero-order chi connectivity index (χ0) is 58.7. The van der Waals surface area contributed by atoms with Gasteiger partial charge in [-0.1, -0.05) is 309 Å². The molecule has 2 atom stereocenters. The molecular weight excluding hydrogens is 1030 g/mol. The molecule has 466 valence electrons. The monoisotopic (exact) mass is 1150 g/mol. The summed E-state index contributed by atoms with van der Waals surface area (Å²) in [5.41, 5.74) is 5.39. The van der Waals surface area contributed by atoms with Gasteiger partial charge in [-0.2, -0.15) is 0 Å². The number of nitrogens with two attached hydrogens (primary N) is 1. The molecule has 0 bridgehead atoms. The number of hydrogen-bond acceptors (Lipinski definition) is 8. The van der Waals surface area contributed by atoms with Crippen LogP contribution in [0.4, 0.5) is 0 Å². The predicted molar refractivity (Wildman–Crippen MR) is 348 cm³/mol. The van der Waals surface area contributed by atoms with E-state index >= 15 is 0 Å². The first-order valence-corrected chi connectivity index (χ1v) is 34.9. The predicted octanol–water partition coefficient (Wildman–Crippen LogP) is 21.7. The van der Waals surface area contributed by atoms with Gasteiger partial charge >= 0.3 is 19.8 Å². The molecule has 0 radical (unpaired) electrons. The SMILES string of the molecule is CC/C=C\C/C=C\C/C=C\C/C=C\C/C=C\C/C=C\C/C=C\C/C=C\C/C=C\CCCCCCCCCCCCCCCC(=O)OC(COC(=O)CCCCCCCCCCCCCCCCCCCCC)COP(=O)(O)OCCN. The van der Waals surface area contributed by atoms with Gasteiger partial charge in [0.1, 0.15) is 6.61 Å². The van der Waals surface area contributed by atoms with Crippen molar-refractivity contribution in [2.45, 2.75) is 302 Å². The van der Waals surface area contributed by atoms with E-state index in [0.717, 1.165) is 96.3 Å². The van der Waals surface area contributed by atoms with Crippen molar-refractivity contribution >= 4 is 19.8 Å². The van der Waals surface area contributed by atoms with Crippen molar-refractivity contribution in [2.24, 2.45) is 5.73 Å². The van der Waals surface area contributed by atoms with Crippen LogP contribution < -0.4 is 5.73 Å². The number of hydrogen-bond donors (Lipinski definition) is 2. The lowest BCUT2D eigenvalue weighted by molar-refractivity contribution is -0.161. The summed E-state index contributed by atoms with van der Waals surface area (Å²) >= 11 is 0. The third-order valence-corrected chi connectivity index (χ3v) is 15.2. The summed E-state index contributed by atoms with van der Waals surface area (Å²) in [4.78, 5) is 35.3. The summed E-state index contributed by atoms with van der Waals surface area (Å²) in [6.07, 6.45) is 90.2. The van der Waals surface area contributed by atoms with Crippen LogP contribution >= 0.6 is 7.82 Å². The van der Waals surface area contributed by atoms with Crippen LogP contribution in [0.25, 0.3) is 0 Å². The molecule has 0 spiro atoms. The molecule has 81 heavy (non-hydrogen) atoms. The van der Waals surface area contributed by atoms with Crippen molar-refractivity contribution in [1.82, 2.24) is 0 Å². The van der Waals surface area contributed by atoms with Crippen LogP contribution in [0.15, 0.2) is 109 Å². The first-order valence-electron chi connectivity index (χ1n) is 33.4. The average molecular weight is 1150 g/mol. The maximum Gasteiger partial charge on any atom is 0.472 e. The maximum absolute atomic E-state index is 12.7. The van der Waals surface area contributed by atoms with Crippen molar-refractivity contribution in [3.8, 4) is 0 Å². The zero-order valence-corrected chi connectivity index (χ0v) is 53.1. The number of carbonyl (C=O) groups excluding carboxylic acids is 2. The van der Waals surface area contributed by atoms with Gasteiger partial charge in [0.05, 0.1) is 13.2 Å². The Labute approximate surface area is 499 Å². The highest BCUT2D eigenvalue weighted by Gasteiger charge is 2.26. The molecule has 0 aromatic rings. The molecule has 0 aromatic heterocycles. The van der Waals surface area contributed by atoms with Gasteiger partial charge < -0.3 is 20.1 Å². The second kappa shape index (κ2) is 65.8. The van der Waals surface area contributed by atoms with Crippen LogP contribution in [0.5, 0.6) is 0 Å². The van der Waals surface area contributed by atoms with E-state index in [1.54, 1.807) is 0 Å². The summed E-state index contributed by atoms with van der Waals surface area (Å²) in [5, 5.41) is 0. The van der Waals surface area contributed by atoms with Gasteiger partial charge in [-0.3, -0.25) is 18.6 Å². The van der Waals surface area contributed by atoms with E-state index in [1.807, 2.05) is 0 Å². The highest BCUT2D eigenvalue weighted by Crippen LogP contribution is 2.43. The molecule has 3 N–H and O–H groups in total. The summed E-state index contributed by atoms with van der Waals surface area (Å²) in [5.74, 6) is -0.820. The number of phosphoric acid groups is 1. The maximum atomic E-state index is 12.7. The van der Waals surface area contributed by atoms with Gasteiger partial charge in [0.15, 0.2) is 6.10 Å². The molecule has 0 rings (SSSR count). The van der Waals surface area contributed by atoms with Crippen molar-refractivity contribution in [1.29, 1.82) is 0 Å². The van der Waals surface area contributed by atoms with Crippen LogP contribution in [-0.2, 0) is 32.7 Å². The number of rotatable bonds is 62. The van der Waals surface area contributed by atoms with Crippen molar-refractivity contribution in [2.75, 3.05) is 26.4 Å². The van der Waals surface area contributed by atoms with Gasteiger partial charge in [-0.15, -0.1) is 0 Å². The highest BCUT2D eigenvalue weighted by molar-refractivity contribution is 7.47. The molecule has 2 unspecified atom stereocenters. The Kier molecular flexibility index (Phi) is 63.1. The van der Waals surface area contributed by atoms with Crippen LogP contribution in [0, 0.1) is 0 Å². The standard InChI is InChI=1S/C71H124NO8P/c1-3-5-7-9-11-13-15-17-19-21-23-24-25-26-27-28-29-30-31-32-33-34-35-36-37-38-39-40-41-42-43-44-46-48-50-52-54-56-58-60-62-64-71(74)80-69(68-79-81(75,76)78-66-65-72)67-77-70(73)63-61-59-57-55-53-51-49-47-45-22-20-18-16-14-12-10-8-6-4-2/h5,7,11,13,17,19,23-24,26-27,29-30,32-33,35-36,38-39,69H,3-4,6,8-10,12,14-16,18,20-22,25,28,31,34,37,40-68,72H2,1-2H3,(H,75,76)/b7-5-,13-11-,19-17-,24-23-,27-26-,30-29-,33-32-,36-35-,39-38-. The third kappa shape index (κ3) is 65.7. The Morgan fingerprint density at radius 1 is 0.383 bits per heavy atom. The van der Waals surface area contributed by atoms with Crippen LogP contribution in [0.1, 0.15) is 296 Å². The molecule has 10 heteroatoms. The van der Waals surface area contributed by atoms with E-state index in [2.05, 4.69) is 123 Å². The molecular formula is C71H124NO8P. The minimum absolute atomic E-state index is 0.0514. The lowest BCUT2D eigenvalue weighted by Gasteiger charge is -2.19. The largest absolute Gasteiger partial charge is 0.472 e. The molecule has 0 saturated heterocycles. The first kappa shape index (κ1) is 77.7. The Morgan fingerprint density at radius 2 is 0.679 bits per heavy atom. The lowest BCUT2D eigenvalue weighted by Crippen LogP contribution is -2.29. The molecule has 0 amide bonds. The number of allylic oxidation sites excluding steroid dienone is 18. The molecule has 9 nitrogen and oxygen atoms in total. The highest BCUT2D eigenvalue weighted by atomic mass is 31.2. The normalized spacial score (nSPS) is 13.7. The van der Waals surface area contributed by atoms with E-state index < -0.39 is 26.5 Å². The molecule has 0 heterocycles. The minimum Gasteiger partial charge on any atom is -0.462 e. The Hall–Kier alpha value is -3.33. The van der Waals surface area contributed by atoms with E-state index in [9.17, 15) is 19.0 Å². The van der Waals surface area contributed by atoms with Crippen LogP contribution in [-0.4, -0.2) is 49.3 Å². The van der Waals surface area contributed by atoms with Crippen molar-refractivity contribution < 1.29 is 37.6 Å². The zero-order valence-electron chi connectivity index (χ0n) is 52.2. The number of carbonyl (C=O) groups is 2. The molecule has 0 fully saturated rings. The first-order chi connectivity index (χ1) is 39.8. The summed E-state index contributed by atoms with van der Waals surface area (Å²) < 4.78 is 33.1. The summed E-state index contributed by atoms with van der Waals surface area (Å²) in [6, 6.07) is 0. The summed E-state index contributed by atoms with van der Waals surface area (Å²) in [6.45, 7) is 3.66. The molecule has 0 aliphatic heterocycles. The average Bonchev–Trinajstić information content (AvgIpc) is 3.46. The molecule has 0 aromatic carbocycles. The van der Waals surface area contributed by atoms with Crippen LogP contribution in [0.2, 0.25) is 0 Å². The van der Waals surface area contributed by atoms with Crippen molar-refractivity contribution in [3.63, 3.8) is 0 Å². The van der Waals surface area contributed by atoms with Gasteiger partial charge in [-0.25, -0.2) is 4.57 Å². The third-order valence-electron chi connectivity index (χ3n) is 14.2. The fraction of sp³-hybridized carbons (Fsp3) is 0.718. The van der Waals surface area contributed by atoms with E-state index in [0.29, 0.717) is 6.42 Å². The minimum atomic E-state index is -4.39. The molecule has 0 saturated carbocycles. The molecule has 0 aliphatic carbocycles. The fourth-order valence-corrected chi connectivity index (χ4v) is 10.0. The number of phosphoric ester groups is 1. The van der Waals surface area contributed by atoms with Gasteiger partial charge in [0.25, 0.3) is 0 Å². The number of unbranched alkanes of at least 4 members (excludes halogenated alkanes) is 31. The smallest absolute Gasteiger partial charge is 0.462 e. The van der Waals surface area contributed by atoms with Gasteiger partial charge in [-0.05, 0) is 83.5 Å². The van der Waals surface area contributed by atoms with E-state index in [1.165, 1.54) is 167 Å². The fourth-order valence-electron chi connectivity index (χ4n) is 9.28. The van der Waals surface area contributed by atoms with Crippen molar-refractivity contribution in [3.05, 3.63) is 109 Å². The Bertz CT molecular complexity index is 1690. The lowest BCUT2D eigenvalue weighted by atomic mass is 10.0.